The molecule has 0 aromatic carbocycles. The van der Waals surface area contributed by atoms with Gasteiger partial charge in [-0.3, -0.25) is 4.79 Å². The van der Waals surface area contributed by atoms with Gasteiger partial charge in [0.05, 0.1) is 11.9 Å². The number of carbonyl (C=O) groups excluding carboxylic acids is 1. The molecule has 1 saturated heterocycles. The summed E-state index contributed by atoms with van der Waals surface area (Å²) in [5.74, 6) is 0.136. The summed E-state index contributed by atoms with van der Waals surface area (Å²) in [6.45, 7) is 1.56. The van der Waals surface area contributed by atoms with Gasteiger partial charge in [-0.1, -0.05) is 5.21 Å². The molecule has 1 aromatic rings. The summed E-state index contributed by atoms with van der Waals surface area (Å²) in [5.41, 5.74) is 0.916. The van der Waals surface area contributed by atoms with Crippen molar-refractivity contribution in [3.05, 3.63) is 11.9 Å². The van der Waals surface area contributed by atoms with Gasteiger partial charge in [-0.15, -0.1) is 5.10 Å². The molecule has 1 amide bonds. The minimum absolute atomic E-state index is 0.136. The van der Waals surface area contributed by atoms with E-state index >= 15 is 0 Å². The molecule has 1 unspecified atom stereocenters. The molecule has 92 valence electrons. The molecule has 0 spiro atoms. The van der Waals surface area contributed by atoms with Crippen LogP contribution in [0.15, 0.2) is 6.20 Å². The molecule has 17 heavy (non-hydrogen) atoms. The summed E-state index contributed by atoms with van der Waals surface area (Å²) in [4.78, 5) is 13.6. The number of nitrogens with zero attached hydrogens (tertiary/aromatic N) is 4. The standard InChI is InChI=1S/C11H17N5O/c1-15-5-4-10(11(15)17)16-7-9(13-14-16)6-12-8-2-3-8/h7-8,10,12H,2-6H2,1H3. The van der Waals surface area contributed by atoms with E-state index in [1.807, 2.05) is 13.2 Å². The number of hydrogen-bond acceptors (Lipinski definition) is 4. The van der Waals surface area contributed by atoms with Gasteiger partial charge in [0, 0.05) is 26.2 Å². The zero-order valence-corrected chi connectivity index (χ0v) is 9.96. The fraction of sp³-hybridized carbons (Fsp3) is 0.727. The summed E-state index contributed by atoms with van der Waals surface area (Å²) in [5, 5.41) is 11.5. The van der Waals surface area contributed by atoms with Gasteiger partial charge >= 0.3 is 0 Å². The molecule has 0 bridgehead atoms. The van der Waals surface area contributed by atoms with Gasteiger partial charge in [0.15, 0.2) is 0 Å². The number of aromatic nitrogens is 3. The van der Waals surface area contributed by atoms with Crippen molar-refractivity contribution in [3.8, 4) is 0 Å². The second kappa shape index (κ2) is 4.10. The van der Waals surface area contributed by atoms with Crippen molar-refractivity contribution in [2.45, 2.75) is 37.9 Å². The van der Waals surface area contributed by atoms with Crippen molar-refractivity contribution >= 4 is 5.91 Å². The Labute approximate surface area is 100.0 Å². The molecular weight excluding hydrogens is 218 g/mol. The van der Waals surface area contributed by atoms with E-state index in [9.17, 15) is 4.79 Å². The van der Waals surface area contributed by atoms with Crippen LogP contribution in [-0.4, -0.2) is 45.4 Å². The molecule has 3 rings (SSSR count). The lowest BCUT2D eigenvalue weighted by Gasteiger charge is -2.09. The minimum atomic E-state index is -0.151. The molecule has 1 atom stereocenters. The molecule has 6 nitrogen and oxygen atoms in total. The average Bonchev–Trinajstić information content (AvgIpc) is 2.95. The molecule has 0 radical (unpaired) electrons. The van der Waals surface area contributed by atoms with Crippen LogP contribution in [-0.2, 0) is 11.3 Å². The van der Waals surface area contributed by atoms with E-state index in [2.05, 4.69) is 15.6 Å². The first-order chi connectivity index (χ1) is 8.24. The highest BCUT2D eigenvalue weighted by molar-refractivity contribution is 5.82. The van der Waals surface area contributed by atoms with Crippen molar-refractivity contribution in [2.24, 2.45) is 0 Å². The lowest BCUT2D eigenvalue weighted by Crippen LogP contribution is -2.24. The van der Waals surface area contributed by atoms with Gasteiger partial charge in [0.2, 0.25) is 5.91 Å². The van der Waals surface area contributed by atoms with Gasteiger partial charge < -0.3 is 10.2 Å². The van der Waals surface area contributed by atoms with Crippen molar-refractivity contribution in [3.63, 3.8) is 0 Å². The largest absolute Gasteiger partial charge is 0.344 e. The molecule has 1 aliphatic heterocycles. The van der Waals surface area contributed by atoms with E-state index in [0.29, 0.717) is 6.04 Å². The van der Waals surface area contributed by atoms with E-state index < -0.39 is 0 Å². The van der Waals surface area contributed by atoms with Crippen LogP contribution in [0.25, 0.3) is 0 Å². The summed E-state index contributed by atoms with van der Waals surface area (Å²) in [6, 6.07) is 0.515. The first-order valence-electron chi connectivity index (χ1n) is 6.13. The van der Waals surface area contributed by atoms with E-state index in [4.69, 9.17) is 0 Å². The second-order valence-corrected chi connectivity index (χ2v) is 4.91. The van der Waals surface area contributed by atoms with Crippen LogP contribution in [0.3, 0.4) is 0 Å². The fourth-order valence-corrected chi connectivity index (χ4v) is 2.13. The molecule has 1 aromatic heterocycles. The Bertz CT molecular complexity index is 425. The number of carbonyl (C=O) groups is 1. The maximum absolute atomic E-state index is 11.8. The van der Waals surface area contributed by atoms with Crippen molar-refractivity contribution < 1.29 is 4.79 Å². The maximum atomic E-state index is 11.8. The zero-order valence-electron chi connectivity index (χ0n) is 9.96. The lowest BCUT2D eigenvalue weighted by molar-refractivity contribution is -0.129. The van der Waals surface area contributed by atoms with Crippen LogP contribution >= 0.6 is 0 Å². The zero-order chi connectivity index (χ0) is 11.8. The van der Waals surface area contributed by atoms with Gasteiger partial charge in [-0.25, -0.2) is 4.68 Å². The van der Waals surface area contributed by atoms with Gasteiger partial charge in [0.1, 0.15) is 6.04 Å². The summed E-state index contributed by atoms with van der Waals surface area (Å²) < 4.78 is 1.70. The number of amides is 1. The van der Waals surface area contributed by atoms with Crippen molar-refractivity contribution in [2.75, 3.05) is 13.6 Å². The maximum Gasteiger partial charge on any atom is 0.247 e. The highest BCUT2D eigenvalue weighted by Gasteiger charge is 2.31. The molecule has 1 aliphatic carbocycles. The third-order valence-electron chi connectivity index (χ3n) is 3.43. The Balaban J connectivity index is 1.64. The van der Waals surface area contributed by atoms with E-state index in [1.54, 1.807) is 9.58 Å². The Morgan fingerprint density at radius 1 is 1.47 bits per heavy atom. The monoisotopic (exact) mass is 235 g/mol. The Hall–Kier alpha value is -1.43. The second-order valence-electron chi connectivity index (χ2n) is 4.91. The number of likely N-dealkylation sites (tertiary alicyclic amines) is 1. The molecule has 2 fully saturated rings. The van der Waals surface area contributed by atoms with E-state index in [1.165, 1.54) is 12.8 Å². The van der Waals surface area contributed by atoms with Crippen LogP contribution in [0, 0.1) is 0 Å². The fourth-order valence-electron chi connectivity index (χ4n) is 2.13. The van der Waals surface area contributed by atoms with Gasteiger partial charge in [-0.05, 0) is 19.3 Å². The highest BCUT2D eigenvalue weighted by atomic mass is 16.2. The van der Waals surface area contributed by atoms with E-state index in [-0.39, 0.29) is 11.9 Å². The molecule has 2 heterocycles. The van der Waals surface area contributed by atoms with Crippen LogP contribution in [0.5, 0.6) is 0 Å². The van der Waals surface area contributed by atoms with Crippen molar-refractivity contribution in [1.29, 1.82) is 0 Å². The van der Waals surface area contributed by atoms with Crippen LogP contribution in [0.2, 0.25) is 0 Å². The third-order valence-corrected chi connectivity index (χ3v) is 3.43. The first kappa shape index (κ1) is 10.7. The molecular formula is C11H17N5O. The smallest absolute Gasteiger partial charge is 0.247 e. The molecule has 1 N–H and O–H groups in total. The van der Waals surface area contributed by atoms with Crippen LogP contribution in [0.4, 0.5) is 0 Å². The molecule has 6 heteroatoms. The third kappa shape index (κ3) is 2.17. The molecule has 2 aliphatic rings. The number of nitrogens with one attached hydrogen (secondary N) is 1. The predicted molar refractivity (Wildman–Crippen MR) is 61.2 cm³/mol. The number of hydrogen-bond donors (Lipinski definition) is 1. The average molecular weight is 235 g/mol. The Morgan fingerprint density at radius 3 is 2.94 bits per heavy atom. The Kier molecular flexibility index (Phi) is 2.58. The first-order valence-corrected chi connectivity index (χ1v) is 6.13. The summed E-state index contributed by atoms with van der Waals surface area (Å²) in [6.07, 6.45) is 5.24. The predicted octanol–water partition coefficient (Wildman–Crippen LogP) is -0.0667. The minimum Gasteiger partial charge on any atom is -0.344 e. The number of likely N-dealkylation sites (N-methyl/N-ethyl adjacent to an activating group) is 1. The quantitative estimate of drug-likeness (QED) is 0.793. The normalized spacial score (nSPS) is 24.6. The lowest BCUT2D eigenvalue weighted by atomic mass is 10.2. The Morgan fingerprint density at radius 2 is 2.29 bits per heavy atom. The number of rotatable bonds is 4. The van der Waals surface area contributed by atoms with Gasteiger partial charge in [-0.2, -0.15) is 0 Å². The van der Waals surface area contributed by atoms with E-state index in [0.717, 1.165) is 25.2 Å². The highest BCUT2D eigenvalue weighted by Crippen LogP contribution is 2.21. The topological polar surface area (TPSA) is 63.1 Å². The molecule has 1 saturated carbocycles. The van der Waals surface area contributed by atoms with Crippen LogP contribution in [0.1, 0.15) is 31.0 Å². The van der Waals surface area contributed by atoms with Crippen molar-refractivity contribution in [1.82, 2.24) is 25.2 Å². The van der Waals surface area contributed by atoms with Gasteiger partial charge in [0.25, 0.3) is 0 Å². The summed E-state index contributed by atoms with van der Waals surface area (Å²) in [7, 11) is 1.83. The van der Waals surface area contributed by atoms with Crippen LogP contribution < -0.4 is 5.32 Å². The SMILES string of the molecule is CN1CCC(n2cc(CNC3CC3)nn2)C1=O. The summed E-state index contributed by atoms with van der Waals surface area (Å²) >= 11 is 0.